The van der Waals surface area contributed by atoms with Crippen LogP contribution in [0.5, 0.6) is 0 Å². The predicted octanol–water partition coefficient (Wildman–Crippen LogP) is 3.59. The van der Waals surface area contributed by atoms with Crippen LogP contribution in [0, 0.1) is 13.8 Å². The molecule has 0 aliphatic carbocycles. The van der Waals surface area contributed by atoms with E-state index in [1.54, 1.807) is 12.1 Å². The lowest BCUT2D eigenvalue weighted by atomic mass is 10.00. The summed E-state index contributed by atoms with van der Waals surface area (Å²) in [6, 6.07) is 13.5. The van der Waals surface area contributed by atoms with Gasteiger partial charge in [-0.1, -0.05) is 30.3 Å². The van der Waals surface area contributed by atoms with E-state index < -0.39 is 5.97 Å². The minimum atomic E-state index is -0.882. The normalized spacial score (nSPS) is 10.3. The van der Waals surface area contributed by atoms with Gasteiger partial charge in [-0.2, -0.15) is 0 Å². The molecular weight excluding hydrogens is 224 g/mol. The lowest BCUT2D eigenvalue weighted by Crippen LogP contribution is -1.96. The van der Waals surface area contributed by atoms with E-state index in [1.165, 1.54) is 16.7 Å². The van der Waals surface area contributed by atoms with Crippen LogP contribution >= 0.6 is 0 Å². The summed E-state index contributed by atoms with van der Waals surface area (Å²) in [4.78, 5) is 10.8. The van der Waals surface area contributed by atoms with Gasteiger partial charge in [-0.3, -0.25) is 0 Å². The Bertz CT molecular complexity index is 568. The number of hydrogen-bond acceptors (Lipinski definition) is 1. The highest BCUT2D eigenvalue weighted by Crippen LogP contribution is 2.14. The van der Waals surface area contributed by atoms with E-state index in [1.807, 2.05) is 12.1 Å². The molecule has 2 rings (SSSR count). The quantitative estimate of drug-likeness (QED) is 0.890. The van der Waals surface area contributed by atoms with Crippen LogP contribution in [-0.2, 0) is 6.42 Å². The third-order valence-electron chi connectivity index (χ3n) is 3.18. The summed E-state index contributed by atoms with van der Waals surface area (Å²) in [5.41, 5.74) is 5.29. The molecule has 0 spiro atoms. The smallest absolute Gasteiger partial charge is 0.335 e. The van der Waals surface area contributed by atoms with Gasteiger partial charge in [0, 0.05) is 0 Å². The van der Waals surface area contributed by atoms with Gasteiger partial charge in [-0.05, 0) is 54.7 Å². The molecule has 2 nitrogen and oxygen atoms in total. The number of benzene rings is 2. The van der Waals surface area contributed by atoms with Crippen LogP contribution in [-0.4, -0.2) is 11.1 Å². The Balaban J connectivity index is 2.18. The van der Waals surface area contributed by atoms with Crippen molar-refractivity contribution in [1.82, 2.24) is 0 Å². The summed E-state index contributed by atoms with van der Waals surface area (Å²) in [7, 11) is 0. The average Bonchev–Trinajstić information content (AvgIpc) is 2.34. The lowest BCUT2D eigenvalue weighted by molar-refractivity contribution is 0.0697. The number of carboxylic acid groups (broad SMARTS) is 1. The lowest BCUT2D eigenvalue weighted by Gasteiger charge is -2.06. The molecule has 2 heteroatoms. The largest absolute Gasteiger partial charge is 0.478 e. The zero-order chi connectivity index (χ0) is 13.1. The maximum atomic E-state index is 10.8. The van der Waals surface area contributed by atoms with Gasteiger partial charge in [0.1, 0.15) is 0 Å². The van der Waals surface area contributed by atoms with Crippen molar-refractivity contribution in [1.29, 1.82) is 0 Å². The molecule has 0 amide bonds. The third-order valence-corrected chi connectivity index (χ3v) is 3.18. The highest BCUT2D eigenvalue weighted by molar-refractivity contribution is 5.87. The van der Waals surface area contributed by atoms with Gasteiger partial charge in [0.2, 0.25) is 0 Å². The molecule has 0 saturated heterocycles. The van der Waals surface area contributed by atoms with E-state index in [9.17, 15) is 4.79 Å². The second-order valence-electron chi connectivity index (χ2n) is 4.60. The van der Waals surface area contributed by atoms with Crippen molar-refractivity contribution < 1.29 is 9.90 Å². The molecule has 0 atom stereocenters. The van der Waals surface area contributed by atoms with Crippen molar-refractivity contribution in [2.75, 3.05) is 0 Å². The van der Waals surface area contributed by atoms with E-state index in [-0.39, 0.29) is 0 Å². The van der Waals surface area contributed by atoms with Crippen molar-refractivity contribution in [2.24, 2.45) is 0 Å². The van der Waals surface area contributed by atoms with Crippen molar-refractivity contribution in [2.45, 2.75) is 20.3 Å². The molecule has 0 aromatic heterocycles. The Morgan fingerprint density at radius 3 is 2.11 bits per heavy atom. The second kappa shape index (κ2) is 5.05. The fourth-order valence-electron chi connectivity index (χ4n) is 1.91. The predicted molar refractivity (Wildman–Crippen MR) is 72.1 cm³/mol. The maximum Gasteiger partial charge on any atom is 0.335 e. The van der Waals surface area contributed by atoms with Crippen LogP contribution in [0.2, 0.25) is 0 Å². The number of aryl methyl sites for hydroxylation is 2. The highest BCUT2D eigenvalue weighted by atomic mass is 16.4. The molecule has 2 aromatic rings. The van der Waals surface area contributed by atoms with Gasteiger partial charge < -0.3 is 5.11 Å². The number of hydrogen-bond donors (Lipinski definition) is 1. The van der Waals surface area contributed by atoms with Crippen LogP contribution in [0.4, 0.5) is 0 Å². The van der Waals surface area contributed by atoms with Crippen LogP contribution in [0.3, 0.4) is 0 Å². The SMILES string of the molecule is Cc1ccc(Cc2ccc(C(=O)O)cc2)cc1C. The molecule has 0 saturated carbocycles. The molecule has 0 fully saturated rings. The Morgan fingerprint density at radius 1 is 0.944 bits per heavy atom. The van der Waals surface area contributed by atoms with Crippen LogP contribution < -0.4 is 0 Å². The first-order valence-electron chi connectivity index (χ1n) is 5.94. The molecule has 0 unspecified atom stereocenters. The van der Waals surface area contributed by atoms with Gasteiger partial charge in [-0.25, -0.2) is 4.79 Å². The Labute approximate surface area is 107 Å². The van der Waals surface area contributed by atoms with E-state index in [2.05, 4.69) is 32.0 Å². The van der Waals surface area contributed by atoms with E-state index in [0.717, 1.165) is 12.0 Å². The highest BCUT2D eigenvalue weighted by Gasteiger charge is 2.03. The Morgan fingerprint density at radius 2 is 1.56 bits per heavy atom. The first-order valence-corrected chi connectivity index (χ1v) is 5.94. The molecule has 0 bridgehead atoms. The maximum absolute atomic E-state index is 10.8. The van der Waals surface area contributed by atoms with E-state index >= 15 is 0 Å². The number of carbonyl (C=O) groups is 1. The molecule has 18 heavy (non-hydrogen) atoms. The fraction of sp³-hybridized carbons (Fsp3) is 0.188. The summed E-state index contributed by atoms with van der Waals surface area (Å²) < 4.78 is 0. The molecule has 0 radical (unpaired) electrons. The van der Waals surface area contributed by atoms with Crippen molar-refractivity contribution in [3.05, 3.63) is 70.3 Å². The summed E-state index contributed by atoms with van der Waals surface area (Å²) >= 11 is 0. The standard InChI is InChI=1S/C16H16O2/c1-11-3-4-14(9-12(11)2)10-13-5-7-15(8-6-13)16(17)18/h3-9H,10H2,1-2H3,(H,17,18). The number of carboxylic acids is 1. The van der Waals surface area contributed by atoms with Crippen LogP contribution in [0.25, 0.3) is 0 Å². The molecule has 2 aromatic carbocycles. The fourth-order valence-corrected chi connectivity index (χ4v) is 1.91. The number of rotatable bonds is 3. The Hall–Kier alpha value is -2.09. The van der Waals surface area contributed by atoms with E-state index in [0.29, 0.717) is 5.56 Å². The third kappa shape index (κ3) is 2.77. The van der Waals surface area contributed by atoms with Crippen LogP contribution in [0.1, 0.15) is 32.6 Å². The summed E-state index contributed by atoms with van der Waals surface area (Å²) in [5.74, 6) is -0.882. The van der Waals surface area contributed by atoms with Gasteiger partial charge in [-0.15, -0.1) is 0 Å². The summed E-state index contributed by atoms with van der Waals surface area (Å²) in [5, 5.41) is 8.83. The van der Waals surface area contributed by atoms with Gasteiger partial charge in [0.25, 0.3) is 0 Å². The zero-order valence-electron chi connectivity index (χ0n) is 10.6. The zero-order valence-corrected chi connectivity index (χ0v) is 10.6. The van der Waals surface area contributed by atoms with E-state index in [4.69, 9.17) is 5.11 Å². The first-order chi connectivity index (χ1) is 8.56. The average molecular weight is 240 g/mol. The first kappa shape index (κ1) is 12.4. The molecule has 0 aliphatic rings. The van der Waals surface area contributed by atoms with Crippen molar-refractivity contribution in [3.63, 3.8) is 0 Å². The van der Waals surface area contributed by atoms with Gasteiger partial charge >= 0.3 is 5.97 Å². The number of aromatic carboxylic acids is 1. The monoisotopic (exact) mass is 240 g/mol. The van der Waals surface area contributed by atoms with Crippen molar-refractivity contribution in [3.8, 4) is 0 Å². The molecule has 1 N–H and O–H groups in total. The molecular formula is C16H16O2. The topological polar surface area (TPSA) is 37.3 Å². The molecule has 92 valence electrons. The van der Waals surface area contributed by atoms with Gasteiger partial charge in [0.05, 0.1) is 5.56 Å². The molecule has 0 heterocycles. The minimum absolute atomic E-state index is 0.332. The molecule has 0 aliphatic heterocycles. The summed E-state index contributed by atoms with van der Waals surface area (Å²) in [6.07, 6.45) is 0.834. The van der Waals surface area contributed by atoms with Crippen LogP contribution in [0.15, 0.2) is 42.5 Å². The Kier molecular flexibility index (Phi) is 3.47. The second-order valence-corrected chi connectivity index (χ2v) is 4.60. The van der Waals surface area contributed by atoms with Gasteiger partial charge in [0.15, 0.2) is 0 Å². The minimum Gasteiger partial charge on any atom is -0.478 e. The summed E-state index contributed by atoms with van der Waals surface area (Å²) in [6.45, 7) is 4.20. The van der Waals surface area contributed by atoms with Crippen molar-refractivity contribution >= 4 is 5.97 Å².